The number of aliphatic hydroxyl groups is 1. The second kappa shape index (κ2) is 7.09. The Morgan fingerprint density at radius 2 is 1.84 bits per heavy atom. The molecule has 0 unspecified atom stereocenters. The summed E-state index contributed by atoms with van der Waals surface area (Å²) < 4.78 is 41.4. The van der Waals surface area contributed by atoms with Crippen molar-refractivity contribution in [2.45, 2.75) is 51.5 Å². The van der Waals surface area contributed by atoms with E-state index < -0.39 is 24.4 Å². The number of alkyl halides is 3. The average Bonchev–Trinajstić information content (AvgIpc) is 2.12. The van der Waals surface area contributed by atoms with E-state index in [9.17, 15) is 18.0 Å². The van der Waals surface area contributed by atoms with Crippen LogP contribution in [0.5, 0.6) is 0 Å². The minimum Gasteiger partial charge on any atom is -0.460 e. The number of hydrogen-bond acceptors (Lipinski definition) is 4. The lowest BCUT2D eigenvalue weighted by atomic mass is 10.2. The lowest BCUT2D eigenvalue weighted by Gasteiger charge is -2.22. The maximum absolute atomic E-state index is 12.1. The molecule has 0 heterocycles. The normalized spacial score (nSPS) is 14.6. The van der Waals surface area contributed by atoms with E-state index in [4.69, 9.17) is 9.84 Å². The fraction of sp³-hybridized carbons (Fsp3) is 0.917. The van der Waals surface area contributed by atoms with Crippen molar-refractivity contribution >= 4 is 5.97 Å². The van der Waals surface area contributed by atoms with Gasteiger partial charge in [0.05, 0.1) is 0 Å². The van der Waals surface area contributed by atoms with Gasteiger partial charge < -0.3 is 14.7 Å². The molecule has 1 N–H and O–H groups in total. The number of aliphatic hydroxyl groups excluding tert-OH is 1. The van der Waals surface area contributed by atoms with Crippen LogP contribution in [0.1, 0.15) is 33.6 Å². The Bertz CT molecular complexity index is 287. The van der Waals surface area contributed by atoms with Gasteiger partial charge in [0.25, 0.3) is 0 Å². The van der Waals surface area contributed by atoms with Crippen LogP contribution >= 0.6 is 0 Å². The van der Waals surface area contributed by atoms with Crippen LogP contribution in [0.3, 0.4) is 0 Å². The highest BCUT2D eigenvalue weighted by atomic mass is 19.4. The van der Waals surface area contributed by atoms with Gasteiger partial charge in [0.2, 0.25) is 0 Å². The number of nitrogens with zero attached hydrogens (tertiary/aromatic N) is 1. The second-order valence-corrected chi connectivity index (χ2v) is 5.51. The molecular weight excluding hydrogens is 263 g/mol. The van der Waals surface area contributed by atoms with Crippen LogP contribution in [0.15, 0.2) is 0 Å². The Morgan fingerprint density at radius 3 is 2.26 bits per heavy atom. The van der Waals surface area contributed by atoms with Gasteiger partial charge in [0.1, 0.15) is 5.60 Å². The molecule has 0 saturated carbocycles. The number of ether oxygens (including phenoxy) is 1. The number of carbonyl (C=O) groups is 1. The number of likely N-dealkylation sites (N-methyl/N-ethyl adjacent to an activating group) is 1. The Kier molecular flexibility index (Phi) is 6.79. The van der Waals surface area contributed by atoms with Gasteiger partial charge in [-0.3, -0.25) is 4.79 Å². The SMILES string of the molecule is CN(CCCC(=O)OC(C)(C)C)C[C@H](O)C(F)(F)F. The van der Waals surface area contributed by atoms with Crippen molar-refractivity contribution in [3.63, 3.8) is 0 Å². The van der Waals surface area contributed by atoms with Crippen LogP contribution in [-0.2, 0) is 9.53 Å². The van der Waals surface area contributed by atoms with Crippen LogP contribution < -0.4 is 0 Å². The molecular formula is C12H22F3NO3. The molecule has 19 heavy (non-hydrogen) atoms. The van der Waals surface area contributed by atoms with Crippen LogP contribution in [0.2, 0.25) is 0 Å². The second-order valence-electron chi connectivity index (χ2n) is 5.51. The van der Waals surface area contributed by atoms with E-state index in [2.05, 4.69) is 0 Å². The quantitative estimate of drug-likeness (QED) is 0.758. The largest absolute Gasteiger partial charge is 0.460 e. The van der Waals surface area contributed by atoms with E-state index in [0.717, 1.165) is 0 Å². The van der Waals surface area contributed by atoms with Crippen molar-refractivity contribution in [2.75, 3.05) is 20.1 Å². The highest BCUT2D eigenvalue weighted by molar-refractivity contribution is 5.69. The molecule has 0 radical (unpaired) electrons. The summed E-state index contributed by atoms with van der Waals surface area (Å²) in [4.78, 5) is 12.7. The summed E-state index contributed by atoms with van der Waals surface area (Å²) in [5.74, 6) is -0.378. The van der Waals surface area contributed by atoms with Gasteiger partial charge >= 0.3 is 12.1 Å². The lowest BCUT2D eigenvalue weighted by molar-refractivity contribution is -0.207. The molecule has 0 spiro atoms. The topological polar surface area (TPSA) is 49.8 Å². The van der Waals surface area contributed by atoms with Gasteiger partial charge in [-0.25, -0.2) is 0 Å². The average molecular weight is 285 g/mol. The highest BCUT2D eigenvalue weighted by Crippen LogP contribution is 2.20. The monoisotopic (exact) mass is 285 g/mol. The molecule has 0 aromatic rings. The molecule has 0 aliphatic rings. The summed E-state index contributed by atoms with van der Waals surface area (Å²) in [6.07, 6.45) is -6.45. The Morgan fingerprint density at radius 1 is 1.32 bits per heavy atom. The Hall–Kier alpha value is -0.820. The molecule has 114 valence electrons. The first-order valence-corrected chi connectivity index (χ1v) is 6.07. The van der Waals surface area contributed by atoms with E-state index in [1.807, 2.05) is 0 Å². The van der Waals surface area contributed by atoms with Crippen molar-refractivity contribution < 1.29 is 27.8 Å². The number of esters is 1. The smallest absolute Gasteiger partial charge is 0.415 e. The van der Waals surface area contributed by atoms with Crippen molar-refractivity contribution in [1.29, 1.82) is 0 Å². The predicted molar refractivity (Wildman–Crippen MR) is 64.6 cm³/mol. The molecule has 0 aromatic heterocycles. The standard InChI is InChI=1S/C12H22F3NO3/c1-11(2,3)19-10(18)6-5-7-16(4)8-9(17)12(13,14)15/h9,17H,5-8H2,1-4H3/t9-/m0/s1. The van der Waals surface area contributed by atoms with E-state index in [0.29, 0.717) is 6.42 Å². The first kappa shape index (κ1) is 18.2. The van der Waals surface area contributed by atoms with E-state index in [-0.39, 0.29) is 18.9 Å². The summed E-state index contributed by atoms with van der Waals surface area (Å²) in [5, 5.41) is 8.86. The summed E-state index contributed by atoms with van der Waals surface area (Å²) in [6, 6.07) is 0. The molecule has 1 atom stereocenters. The van der Waals surface area contributed by atoms with Gasteiger partial charge in [-0.15, -0.1) is 0 Å². The van der Waals surface area contributed by atoms with Crippen LogP contribution in [0.4, 0.5) is 13.2 Å². The molecule has 0 aromatic carbocycles. The molecule has 0 aliphatic heterocycles. The van der Waals surface area contributed by atoms with Gasteiger partial charge in [-0.2, -0.15) is 13.2 Å². The molecule has 0 aliphatic carbocycles. The van der Waals surface area contributed by atoms with Gasteiger partial charge in [-0.1, -0.05) is 0 Å². The molecule has 4 nitrogen and oxygen atoms in total. The predicted octanol–water partition coefficient (Wildman–Crippen LogP) is 1.96. The third-order valence-electron chi connectivity index (χ3n) is 2.20. The fourth-order valence-corrected chi connectivity index (χ4v) is 1.38. The Balaban J connectivity index is 3.87. The van der Waals surface area contributed by atoms with Gasteiger partial charge in [0.15, 0.2) is 6.10 Å². The Labute approximate surface area is 111 Å². The first-order valence-electron chi connectivity index (χ1n) is 6.07. The van der Waals surface area contributed by atoms with Crippen molar-refractivity contribution in [3.05, 3.63) is 0 Å². The molecule has 0 amide bonds. The number of hydrogen-bond donors (Lipinski definition) is 1. The van der Waals surface area contributed by atoms with Crippen molar-refractivity contribution in [3.8, 4) is 0 Å². The highest BCUT2D eigenvalue weighted by Gasteiger charge is 2.38. The number of carbonyl (C=O) groups excluding carboxylic acids is 1. The summed E-state index contributed by atoms with van der Waals surface area (Å²) in [5.41, 5.74) is -0.560. The minimum absolute atomic E-state index is 0.143. The van der Waals surface area contributed by atoms with Crippen LogP contribution in [0, 0.1) is 0 Å². The maximum Gasteiger partial charge on any atom is 0.415 e. The van der Waals surface area contributed by atoms with E-state index in [1.165, 1.54) is 11.9 Å². The summed E-state index contributed by atoms with van der Waals surface area (Å²) in [7, 11) is 1.46. The third-order valence-corrected chi connectivity index (χ3v) is 2.20. The van der Waals surface area contributed by atoms with E-state index >= 15 is 0 Å². The molecule has 0 bridgehead atoms. The first-order chi connectivity index (χ1) is 8.42. The minimum atomic E-state index is -4.61. The molecule has 0 fully saturated rings. The lowest BCUT2D eigenvalue weighted by Crippen LogP contribution is -2.39. The zero-order chi connectivity index (χ0) is 15.3. The van der Waals surface area contributed by atoms with E-state index in [1.54, 1.807) is 20.8 Å². The third kappa shape index (κ3) is 9.72. The molecule has 0 rings (SSSR count). The maximum atomic E-state index is 12.1. The number of rotatable bonds is 6. The van der Waals surface area contributed by atoms with Crippen molar-refractivity contribution in [1.82, 2.24) is 4.90 Å². The molecule has 7 heteroatoms. The van der Waals surface area contributed by atoms with Crippen LogP contribution in [-0.4, -0.2) is 54.0 Å². The van der Waals surface area contributed by atoms with Crippen LogP contribution in [0.25, 0.3) is 0 Å². The molecule has 0 saturated heterocycles. The number of halogens is 3. The van der Waals surface area contributed by atoms with Gasteiger partial charge in [-0.05, 0) is 40.8 Å². The zero-order valence-corrected chi connectivity index (χ0v) is 11.8. The summed E-state index contributed by atoms with van der Waals surface area (Å²) in [6.45, 7) is 5.02. The van der Waals surface area contributed by atoms with Gasteiger partial charge in [0, 0.05) is 13.0 Å². The summed E-state index contributed by atoms with van der Waals surface area (Å²) >= 11 is 0. The fourth-order valence-electron chi connectivity index (χ4n) is 1.38. The zero-order valence-electron chi connectivity index (χ0n) is 11.8. The van der Waals surface area contributed by atoms with Crippen molar-refractivity contribution in [2.24, 2.45) is 0 Å².